The summed E-state index contributed by atoms with van der Waals surface area (Å²) in [6, 6.07) is 8.41. The van der Waals surface area contributed by atoms with Gasteiger partial charge in [-0.3, -0.25) is 4.90 Å². The van der Waals surface area contributed by atoms with Gasteiger partial charge in [0.05, 0.1) is 0 Å². The van der Waals surface area contributed by atoms with Crippen molar-refractivity contribution in [2.45, 2.75) is 19.4 Å². The number of nitrogens with two attached hydrogens (primary N) is 1. The van der Waals surface area contributed by atoms with Gasteiger partial charge in [0, 0.05) is 43.8 Å². The second-order valence-electron chi connectivity index (χ2n) is 5.18. The minimum atomic E-state index is 0.320. The second kappa shape index (κ2) is 7.25. The third-order valence-corrected chi connectivity index (χ3v) is 4.12. The summed E-state index contributed by atoms with van der Waals surface area (Å²) in [5, 5.41) is 0.785. The predicted octanol–water partition coefficient (Wildman–Crippen LogP) is 2.37. The molecule has 0 bridgehead atoms. The molecule has 1 unspecified atom stereocenters. The molecule has 0 radical (unpaired) electrons. The monoisotopic (exact) mass is 281 g/mol. The lowest BCUT2D eigenvalue weighted by Gasteiger charge is -2.39. The first-order chi connectivity index (χ1) is 9.24. The zero-order valence-electron chi connectivity index (χ0n) is 11.7. The van der Waals surface area contributed by atoms with Crippen LogP contribution in [0.2, 0.25) is 5.02 Å². The van der Waals surface area contributed by atoms with Crippen molar-refractivity contribution in [3.63, 3.8) is 0 Å². The first-order valence-corrected chi connectivity index (χ1v) is 7.54. The second-order valence-corrected chi connectivity index (χ2v) is 5.62. The lowest BCUT2D eigenvalue weighted by Crippen LogP contribution is -2.49. The Morgan fingerprint density at radius 2 is 1.79 bits per heavy atom. The van der Waals surface area contributed by atoms with Gasteiger partial charge < -0.3 is 10.6 Å². The minimum Gasteiger partial charge on any atom is -0.329 e. The third-order valence-electron chi connectivity index (χ3n) is 3.87. The van der Waals surface area contributed by atoms with E-state index in [9.17, 15) is 0 Å². The van der Waals surface area contributed by atoms with E-state index in [-0.39, 0.29) is 0 Å². The van der Waals surface area contributed by atoms with Crippen molar-refractivity contribution < 1.29 is 0 Å². The fraction of sp³-hybridized carbons (Fsp3) is 0.600. The number of hydrogen-bond donors (Lipinski definition) is 1. The van der Waals surface area contributed by atoms with Gasteiger partial charge in [0.1, 0.15) is 0 Å². The topological polar surface area (TPSA) is 32.5 Å². The average molecular weight is 282 g/mol. The van der Waals surface area contributed by atoms with E-state index in [2.05, 4.69) is 28.9 Å². The summed E-state index contributed by atoms with van der Waals surface area (Å²) in [5.74, 6) is 0. The highest BCUT2D eigenvalue weighted by atomic mass is 35.5. The molecule has 1 heterocycles. The molecule has 0 aromatic heterocycles. The van der Waals surface area contributed by atoms with Gasteiger partial charge in [-0.2, -0.15) is 0 Å². The summed E-state index contributed by atoms with van der Waals surface area (Å²) in [6.07, 6.45) is 1.23. The molecular weight excluding hydrogens is 258 g/mol. The maximum absolute atomic E-state index is 5.98. The van der Waals surface area contributed by atoms with Crippen molar-refractivity contribution in [3.8, 4) is 0 Å². The number of hydrogen-bond acceptors (Lipinski definition) is 3. The number of rotatable bonds is 5. The highest BCUT2D eigenvalue weighted by molar-refractivity contribution is 6.30. The Kier molecular flexibility index (Phi) is 5.64. The molecule has 1 aliphatic heterocycles. The van der Waals surface area contributed by atoms with Crippen molar-refractivity contribution in [1.29, 1.82) is 0 Å². The number of halogens is 1. The van der Waals surface area contributed by atoms with Crippen LogP contribution in [0.4, 0.5) is 0 Å². The van der Waals surface area contributed by atoms with E-state index >= 15 is 0 Å². The summed E-state index contributed by atoms with van der Waals surface area (Å²) in [4.78, 5) is 5.03. The lowest BCUT2D eigenvalue weighted by molar-refractivity contribution is 0.0985. The summed E-state index contributed by atoms with van der Waals surface area (Å²) in [5.41, 5.74) is 7.25. The Bertz CT molecular complexity index is 371. The molecule has 19 heavy (non-hydrogen) atoms. The van der Waals surface area contributed by atoms with Crippen molar-refractivity contribution in [3.05, 3.63) is 34.9 Å². The van der Waals surface area contributed by atoms with Gasteiger partial charge >= 0.3 is 0 Å². The molecule has 1 aromatic carbocycles. The van der Waals surface area contributed by atoms with Crippen LogP contribution in [0.3, 0.4) is 0 Å². The molecule has 0 amide bonds. The summed E-state index contributed by atoms with van der Waals surface area (Å²) >= 11 is 5.95. The average Bonchev–Trinajstić information content (AvgIpc) is 2.44. The Morgan fingerprint density at radius 1 is 1.16 bits per heavy atom. The molecule has 1 fully saturated rings. The Balaban J connectivity index is 1.97. The molecule has 1 atom stereocenters. The van der Waals surface area contributed by atoms with E-state index in [1.807, 2.05) is 12.1 Å². The number of nitrogens with zero attached hydrogens (tertiary/aromatic N) is 2. The van der Waals surface area contributed by atoms with E-state index in [4.69, 9.17) is 17.3 Å². The van der Waals surface area contributed by atoms with Crippen LogP contribution in [-0.4, -0.2) is 49.1 Å². The molecule has 106 valence electrons. The van der Waals surface area contributed by atoms with Crippen LogP contribution in [0.1, 0.15) is 24.9 Å². The van der Waals surface area contributed by atoms with Gasteiger partial charge in [0.2, 0.25) is 0 Å². The van der Waals surface area contributed by atoms with Crippen LogP contribution < -0.4 is 5.73 Å². The minimum absolute atomic E-state index is 0.320. The lowest BCUT2D eigenvalue weighted by atomic mass is 10.0. The quantitative estimate of drug-likeness (QED) is 0.899. The first-order valence-electron chi connectivity index (χ1n) is 7.16. The van der Waals surface area contributed by atoms with Crippen LogP contribution in [0, 0.1) is 0 Å². The maximum Gasteiger partial charge on any atom is 0.0471 e. The van der Waals surface area contributed by atoms with Gasteiger partial charge in [0.15, 0.2) is 0 Å². The fourth-order valence-electron chi connectivity index (χ4n) is 2.80. The molecule has 1 saturated heterocycles. The fourth-order valence-corrected chi connectivity index (χ4v) is 2.92. The highest BCUT2D eigenvalue weighted by Crippen LogP contribution is 2.22. The van der Waals surface area contributed by atoms with Gasteiger partial charge in [-0.1, -0.05) is 30.7 Å². The Morgan fingerprint density at radius 3 is 2.32 bits per heavy atom. The van der Waals surface area contributed by atoms with E-state index in [1.165, 1.54) is 18.5 Å². The van der Waals surface area contributed by atoms with Crippen LogP contribution in [0.5, 0.6) is 0 Å². The van der Waals surface area contributed by atoms with Gasteiger partial charge in [-0.05, 0) is 30.7 Å². The predicted molar refractivity (Wildman–Crippen MR) is 81.6 cm³/mol. The molecule has 1 aliphatic rings. The highest BCUT2D eigenvalue weighted by Gasteiger charge is 2.23. The third kappa shape index (κ3) is 3.93. The molecule has 4 heteroatoms. The maximum atomic E-state index is 5.98. The SMILES string of the molecule is CCCN1CCN(C(CN)c2ccc(Cl)cc2)CC1. The normalized spacial score (nSPS) is 19.5. The van der Waals surface area contributed by atoms with Crippen molar-refractivity contribution >= 4 is 11.6 Å². The summed E-state index contributed by atoms with van der Waals surface area (Å²) in [7, 11) is 0. The Labute approximate surface area is 121 Å². The van der Waals surface area contributed by atoms with Gasteiger partial charge in [-0.25, -0.2) is 0 Å². The molecular formula is C15H24ClN3. The summed E-state index contributed by atoms with van der Waals surface area (Å²) in [6.45, 7) is 8.62. The van der Waals surface area contributed by atoms with Crippen LogP contribution in [-0.2, 0) is 0 Å². The van der Waals surface area contributed by atoms with E-state index in [0.29, 0.717) is 12.6 Å². The van der Waals surface area contributed by atoms with Crippen molar-refractivity contribution in [2.24, 2.45) is 5.73 Å². The molecule has 0 spiro atoms. The van der Waals surface area contributed by atoms with Crippen molar-refractivity contribution in [1.82, 2.24) is 9.80 Å². The van der Waals surface area contributed by atoms with Crippen LogP contribution in [0.15, 0.2) is 24.3 Å². The number of benzene rings is 1. The van der Waals surface area contributed by atoms with E-state index < -0.39 is 0 Å². The van der Waals surface area contributed by atoms with E-state index in [1.54, 1.807) is 0 Å². The van der Waals surface area contributed by atoms with E-state index in [0.717, 1.165) is 31.2 Å². The standard InChI is InChI=1S/C15H24ClN3/c1-2-7-18-8-10-19(11-9-18)15(12-17)13-3-5-14(16)6-4-13/h3-6,15H,2,7-12,17H2,1H3. The first kappa shape index (κ1) is 14.8. The molecule has 3 nitrogen and oxygen atoms in total. The smallest absolute Gasteiger partial charge is 0.0471 e. The summed E-state index contributed by atoms with van der Waals surface area (Å²) < 4.78 is 0. The van der Waals surface area contributed by atoms with Crippen molar-refractivity contribution in [2.75, 3.05) is 39.3 Å². The molecule has 2 rings (SSSR count). The molecule has 1 aromatic rings. The molecule has 0 saturated carbocycles. The molecule has 0 aliphatic carbocycles. The van der Waals surface area contributed by atoms with Crippen LogP contribution >= 0.6 is 11.6 Å². The number of piperazine rings is 1. The van der Waals surface area contributed by atoms with Gasteiger partial charge in [-0.15, -0.1) is 0 Å². The van der Waals surface area contributed by atoms with Crippen LogP contribution in [0.25, 0.3) is 0 Å². The largest absolute Gasteiger partial charge is 0.329 e. The Hall–Kier alpha value is -0.610. The zero-order chi connectivity index (χ0) is 13.7. The molecule has 2 N–H and O–H groups in total. The zero-order valence-corrected chi connectivity index (χ0v) is 12.4. The van der Waals surface area contributed by atoms with Gasteiger partial charge in [0.25, 0.3) is 0 Å².